The van der Waals surface area contributed by atoms with Crippen LogP contribution in [0.2, 0.25) is 0 Å². The summed E-state index contributed by atoms with van der Waals surface area (Å²) in [4.78, 5) is 12.9. The Labute approximate surface area is 146 Å². The van der Waals surface area contributed by atoms with Crippen LogP contribution in [-0.2, 0) is 13.0 Å². The summed E-state index contributed by atoms with van der Waals surface area (Å²) in [6.07, 6.45) is 4.32. The zero-order chi connectivity index (χ0) is 17.5. The molecule has 0 fully saturated rings. The maximum Gasteiger partial charge on any atom is 0.225 e. The Morgan fingerprint density at radius 1 is 0.920 bits per heavy atom. The Kier molecular flexibility index (Phi) is 5.51. The Balaban J connectivity index is 1.56. The largest absolute Gasteiger partial charge is 0.370 e. The van der Waals surface area contributed by atoms with E-state index in [0.29, 0.717) is 19.0 Å². The minimum Gasteiger partial charge on any atom is -0.370 e. The number of nitrogens with zero attached hydrogens (tertiary/aromatic N) is 3. The topological polar surface area (TPSA) is 62.7 Å². The van der Waals surface area contributed by atoms with E-state index in [1.165, 1.54) is 12.1 Å². The van der Waals surface area contributed by atoms with Gasteiger partial charge < -0.3 is 10.6 Å². The molecule has 2 aromatic heterocycles. The quantitative estimate of drug-likeness (QED) is 0.690. The maximum absolute atomic E-state index is 12.9. The van der Waals surface area contributed by atoms with Crippen LogP contribution in [-0.4, -0.2) is 21.5 Å². The molecule has 0 atom stereocenters. The van der Waals surface area contributed by atoms with Gasteiger partial charge in [0.2, 0.25) is 5.95 Å². The first kappa shape index (κ1) is 16.8. The van der Waals surface area contributed by atoms with Gasteiger partial charge in [-0.1, -0.05) is 12.1 Å². The Morgan fingerprint density at radius 2 is 1.68 bits per heavy atom. The fourth-order valence-corrected chi connectivity index (χ4v) is 2.41. The fraction of sp³-hybridized carbons (Fsp3) is 0.211. The summed E-state index contributed by atoms with van der Waals surface area (Å²) >= 11 is 0. The molecular formula is C19H20FN5. The number of halogens is 1. The van der Waals surface area contributed by atoms with Gasteiger partial charge in [0.15, 0.2) is 0 Å². The maximum atomic E-state index is 12.9. The van der Waals surface area contributed by atoms with E-state index >= 15 is 0 Å². The molecule has 0 aliphatic rings. The molecule has 0 unspecified atom stereocenters. The molecule has 0 saturated carbocycles. The lowest BCUT2D eigenvalue weighted by molar-refractivity contribution is 0.627. The molecule has 1 aromatic carbocycles. The molecule has 2 heterocycles. The van der Waals surface area contributed by atoms with Crippen LogP contribution in [0.15, 0.2) is 54.9 Å². The van der Waals surface area contributed by atoms with Crippen molar-refractivity contribution in [2.45, 2.75) is 19.9 Å². The Morgan fingerprint density at radius 3 is 2.44 bits per heavy atom. The zero-order valence-electron chi connectivity index (χ0n) is 14.0. The third-order valence-electron chi connectivity index (χ3n) is 3.69. The highest BCUT2D eigenvalue weighted by Gasteiger charge is 2.03. The Bertz CT molecular complexity index is 806. The smallest absolute Gasteiger partial charge is 0.225 e. The van der Waals surface area contributed by atoms with Crippen LogP contribution in [0.1, 0.15) is 16.8 Å². The first-order chi connectivity index (χ1) is 12.2. The van der Waals surface area contributed by atoms with Crippen LogP contribution in [0, 0.1) is 12.7 Å². The summed E-state index contributed by atoms with van der Waals surface area (Å²) in [6.45, 7) is 3.29. The lowest BCUT2D eigenvalue weighted by atomic mass is 10.1. The van der Waals surface area contributed by atoms with Crippen molar-refractivity contribution >= 4 is 11.8 Å². The number of aryl methyl sites for hydroxylation is 1. The summed E-state index contributed by atoms with van der Waals surface area (Å²) in [6, 6.07) is 12.3. The van der Waals surface area contributed by atoms with Crippen molar-refractivity contribution in [2.24, 2.45) is 0 Å². The molecule has 0 bridgehead atoms. The third-order valence-corrected chi connectivity index (χ3v) is 3.69. The number of rotatable bonds is 7. The van der Waals surface area contributed by atoms with Gasteiger partial charge in [-0.3, -0.25) is 4.98 Å². The van der Waals surface area contributed by atoms with Crippen LogP contribution in [0.25, 0.3) is 0 Å². The van der Waals surface area contributed by atoms with E-state index in [-0.39, 0.29) is 5.82 Å². The minimum absolute atomic E-state index is 0.215. The molecular weight excluding hydrogens is 317 g/mol. The monoisotopic (exact) mass is 337 g/mol. The lowest BCUT2D eigenvalue weighted by Crippen LogP contribution is -2.10. The van der Waals surface area contributed by atoms with Crippen molar-refractivity contribution in [1.82, 2.24) is 15.0 Å². The zero-order valence-corrected chi connectivity index (χ0v) is 14.0. The molecule has 128 valence electrons. The highest BCUT2D eigenvalue weighted by Crippen LogP contribution is 2.11. The number of hydrogen-bond acceptors (Lipinski definition) is 5. The van der Waals surface area contributed by atoms with Gasteiger partial charge in [-0.25, -0.2) is 9.37 Å². The molecule has 2 N–H and O–H groups in total. The molecule has 5 nitrogen and oxygen atoms in total. The van der Waals surface area contributed by atoms with Gasteiger partial charge in [0.25, 0.3) is 0 Å². The van der Waals surface area contributed by atoms with Gasteiger partial charge in [0.05, 0.1) is 0 Å². The molecule has 0 saturated heterocycles. The van der Waals surface area contributed by atoms with Crippen molar-refractivity contribution in [3.8, 4) is 0 Å². The van der Waals surface area contributed by atoms with Gasteiger partial charge in [-0.2, -0.15) is 4.98 Å². The van der Waals surface area contributed by atoms with Gasteiger partial charge in [-0.05, 0) is 48.7 Å². The van der Waals surface area contributed by atoms with E-state index in [4.69, 9.17) is 0 Å². The average molecular weight is 337 g/mol. The molecule has 3 aromatic rings. The van der Waals surface area contributed by atoms with E-state index in [1.54, 1.807) is 24.5 Å². The average Bonchev–Trinajstić information content (AvgIpc) is 2.62. The summed E-state index contributed by atoms with van der Waals surface area (Å²) < 4.78 is 12.9. The van der Waals surface area contributed by atoms with Crippen molar-refractivity contribution in [3.63, 3.8) is 0 Å². The molecule has 0 aliphatic carbocycles. The summed E-state index contributed by atoms with van der Waals surface area (Å²) in [5, 5.41) is 6.52. The number of aromatic nitrogens is 3. The van der Waals surface area contributed by atoms with Crippen molar-refractivity contribution in [3.05, 3.63) is 77.5 Å². The molecule has 25 heavy (non-hydrogen) atoms. The molecule has 0 amide bonds. The molecule has 0 spiro atoms. The SMILES string of the molecule is Cc1cc(NCCc2ccc(F)cc2)nc(NCc2ccncc2)n1. The molecule has 3 rings (SSSR count). The fourth-order valence-electron chi connectivity index (χ4n) is 2.41. The number of benzene rings is 1. The van der Waals surface area contributed by atoms with Crippen LogP contribution in [0.4, 0.5) is 16.2 Å². The number of hydrogen-bond donors (Lipinski definition) is 2. The third kappa shape index (κ3) is 5.24. The highest BCUT2D eigenvalue weighted by molar-refractivity contribution is 5.42. The molecule has 0 aliphatic heterocycles. The standard InChI is InChI=1S/C19H20FN5/c1-14-12-18(22-11-8-15-2-4-17(20)5-3-15)25-19(24-14)23-13-16-6-9-21-10-7-16/h2-7,9-10,12H,8,11,13H2,1H3,(H2,22,23,24,25). The highest BCUT2D eigenvalue weighted by atomic mass is 19.1. The summed E-state index contributed by atoms with van der Waals surface area (Å²) in [5.74, 6) is 1.14. The summed E-state index contributed by atoms with van der Waals surface area (Å²) in [7, 11) is 0. The van der Waals surface area contributed by atoms with E-state index < -0.39 is 0 Å². The first-order valence-electron chi connectivity index (χ1n) is 8.16. The van der Waals surface area contributed by atoms with E-state index in [0.717, 1.165) is 29.1 Å². The number of anilines is 2. The molecule has 6 heteroatoms. The summed E-state index contributed by atoms with van der Waals surface area (Å²) in [5.41, 5.74) is 3.08. The van der Waals surface area contributed by atoms with E-state index in [9.17, 15) is 4.39 Å². The van der Waals surface area contributed by atoms with Crippen LogP contribution in [0.3, 0.4) is 0 Å². The van der Waals surface area contributed by atoms with Crippen molar-refractivity contribution in [2.75, 3.05) is 17.2 Å². The Hall–Kier alpha value is -3.02. The first-order valence-corrected chi connectivity index (χ1v) is 8.16. The van der Waals surface area contributed by atoms with Gasteiger partial charge in [0, 0.05) is 37.2 Å². The lowest BCUT2D eigenvalue weighted by Gasteiger charge is -2.10. The van der Waals surface area contributed by atoms with Gasteiger partial charge in [-0.15, -0.1) is 0 Å². The second kappa shape index (κ2) is 8.19. The second-order valence-electron chi connectivity index (χ2n) is 5.73. The van der Waals surface area contributed by atoms with Crippen molar-refractivity contribution < 1.29 is 4.39 Å². The predicted molar refractivity (Wildman–Crippen MR) is 96.9 cm³/mol. The number of nitrogens with one attached hydrogen (secondary N) is 2. The van der Waals surface area contributed by atoms with Gasteiger partial charge in [0.1, 0.15) is 11.6 Å². The molecule has 0 radical (unpaired) electrons. The minimum atomic E-state index is -0.215. The normalized spacial score (nSPS) is 10.5. The van der Waals surface area contributed by atoms with E-state index in [2.05, 4.69) is 25.6 Å². The van der Waals surface area contributed by atoms with Gasteiger partial charge >= 0.3 is 0 Å². The van der Waals surface area contributed by atoms with E-state index in [1.807, 2.05) is 25.1 Å². The predicted octanol–water partition coefficient (Wildman–Crippen LogP) is 3.59. The van der Waals surface area contributed by atoms with Crippen LogP contribution in [0.5, 0.6) is 0 Å². The number of pyridine rings is 1. The second-order valence-corrected chi connectivity index (χ2v) is 5.73. The van der Waals surface area contributed by atoms with Crippen molar-refractivity contribution in [1.29, 1.82) is 0 Å². The van der Waals surface area contributed by atoms with Crippen LogP contribution < -0.4 is 10.6 Å². The van der Waals surface area contributed by atoms with Crippen LogP contribution >= 0.6 is 0 Å².